The van der Waals surface area contributed by atoms with E-state index < -0.39 is 0 Å². The van der Waals surface area contributed by atoms with Gasteiger partial charge in [0.25, 0.3) is 0 Å². The number of carbonyl (C=O) groups excluding carboxylic acids is 1. The molecule has 0 N–H and O–H groups in total. The Morgan fingerprint density at radius 2 is 1.37 bits per heavy atom. The third-order valence-corrected chi connectivity index (χ3v) is 2.84. The van der Waals surface area contributed by atoms with Crippen LogP contribution in [0, 0.1) is 0 Å². The Hall–Kier alpha value is -1.31. The molecule has 0 spiro atoms. The van der Waals surface area contributed by atoms with Crippen LogP contribution in [-0.4, -0.2) is 12.6 Å². The number of esters is 1. The lowest BCUT2D eigenvalue weighted by Gasteiger charge is -2.02. The second kappa shape index (κ2) is 10.6. The van der Waals surface area contributed by atoms with Gasteiger partial charge in [-0.25, -0.2) is 0 Å². The van der Waals surface area contributed by atoms with E-state index in [9.17, 15) is 4.79 Å². The third-order valence-electron chi connectivity index (χ3n) is 2.84. The van der Waals surface area contributed by atoms with Crippen LogP contribution < -0.4 is 0 Å². The molecule has 2 nitrogen and oxygen atoms in total. The van der Waals surface area contributed by atoms with Crippen molar-refractivity contribution in [2.75, 3.05) is 6.61 Å². The predicted molar refractivity (Wildman–Crippen MR) is 82.0 cm³/mol. The first-order valence-corrected chi connectivity index (χ1v) is 6.99. The van der Waals surface area contributed by atoms with Gasteiger partial charge in [-0.1, -0.05) is 28.9 Å². The zero-order valence-corrected chi connectivity index (χ0v) is 13.1. The summed E-state index contributed by atoms with van der Waals surface area (Å²) in [4.78, 5) is 10.6. The highest BCUT2D eigenvalue weighted by Gasteiger charge is 1.93. The lowest BCUT2D eigenvalue weighted by atomic mass is 10.1. The van der Waals surface area contributed by atoms with Crippen molar-refractivity contribution in [1.82, 2.24) is 0 Å². The molecule has 0 amide bonds. The van der Waals surface area contributed by atoms with Gasteiger partial charge in [-0.15, -0.1) is 0 Å². The largest absolute Gasteiger partial charge is 0.462 e. The van der Waals surface area contributed by atoms with E-state index in [1.165, 1.54) is 23.6 Å². The standard InChI is InChI=1S/C17H28O2/c1-14(2)8-6-9-15(3)10-7-11-16(4)12-13-19-17(5)18/h8,10,12H,6-7,9,11,13H2,1-5H3/b15-10+,16-12+. The minimum absolute atomic E-state index is 0.223. The molecule has 0 rings (SSSR count). The second-order valence-electron chi connectivity index (χ2n) is 5.26. The molecule has 0 bridgehead atoms. The van der Waals surface area contributed by atoms with Crippen LogP contribution in [0.25, 0.3) is 0 Å². The van der Waals surface area contributed by atoms with Gasteiger partial charge in [0.15, 0.2) is 0 Å². The minimum atomic E-state index is -0.223. The van der Waals surface area contributed by atoms with Crippen LogP contribution in [0.2, 0.25) is 0 Å². The van der Waals surface area contributed by atoms with Crippen molar-refractivity contribution in [2.45, 2.75) is 60.3 Å². The first-order chi connectivity index (χ1) is 8.91. The van der Waals surface area contributed by atoms with Crippen molar-refractivity contribution in [3.63, 3.8) is 0 Å². The van der Waals surface area contributed by atoms with Gasteiger partial charge in [0.05, 0.1) is 0 Å². The molecular weight excluding hydrogens is 236 g/mol. The molecule has 0 aromatic heterocycles. The van der Waals surface area contributed by atoms with E-state index in [1.807, 2.05) is 6.08 Å². The fourth-order valence-corrected chi connectivity index (χ4v) is 1.64. The molecule has 0 aliphatic rings. The monoisotopic (exact) mass is 264 g/mol. The average Bonchev–Trinajstić information content (AvgIpc) is 2.27. The maximum atomic E-state index is 10.6. The molecule has 0 aliphatic carbocycles. The molecule has 0 atom stereocenters. The van der Waals surface area contributed by atoms with Gasteiger partial charge in [-0.2, -0.15) is 0 Å². The van der Waals surface area contributed by atoms with Crippen molar-refractivity contribution in [2.24, 2.45) is 0 Å². The highest BCUT2D eigenvalue weighted by Crippen LogP contribution is 2.11. The van der Waals surface area contributed by atoms with E-state index >= 15 is 0 Å². The number of allylic oxidation sites excluding steroid dienone is 5. The molecule has 0 saturated heterocycles. The van der Waals surface area contributed by atoms with Crippen LogP contribution >= 0.6 is 0 Å². The summed E-state index contributed by atoms with van der Waals surface area (Å²) in [6, 6.07) is 0. The summed E-state index contributed by atoms with van der Waals surface area (Å²) in [7, 11) is 0. The van der Waals surface area contributed by atoms with E-state index in [0.717, 1.165) is 25.7 Å². The van der Waals surface area contributed by atoms with Crippen LogP contribution in [-0.2, 0) is 9.53 Å². The number of carbonyl (C=O) groups is 1. The van der Waals surface area contributed by atoms with E-state index in [2.05, 4.69) is 39.8 Å². The zero-order valence-electron chi connectivity index (χ0n) is 13.1. The summed E-state index contributed by atoms with van der Waals surface area (Å²) in [5, 5.41) is 0. The summed E-state index contributed by atoms with van der Waals surface area (Å²) in [5.41, 5.74) is 4.11. The quantitative estimate of drug-likeness (QED) is 0.457. The average molecular weight is 264 g/mol. The Bertz CT molecular complexity index is 355. The summed E-state index contributed by atoms with van der Waals surface area (Å²) in [5.74, 6) is -0.223. The maximum absolute atomic E-state index is 10.6. The summed E-state index contributed by atoms with van der Waals surface area (Å²) >= 11 is 0. The van der Waals surface area contributed by atoms with Crippen LogP contribution in [0.1, 0.15) is 60.3 Å². The van der Waals surface area contributed by atoms with Gasteiger partial charge in [0.2, 0.25) is 0 Å². The van der Waals surface area contributed by atoms with Gasteiger partial charge in [-0.05, 0) is 59.5 Å². The first-order valence-electron chi connectivity index (χ1n) is 6.99. The molecule has 0 aliphatic heterocycles. The SMILES string of the molecule is CC(=O)OC/C=C(\C)CC/C=C(\C)CCC=C(C)C. The van der Waals surface area contributed by atoms with Crippen molar-refractivity contribution in [1.29, 1.82) is 0 Å². The van der Waals surface area contributed by atoms with Gasteiger partial charge >= 0.3 is 5.97 Å². The molecule has 0 fully saturated rings. The van der Waals surface area contributed by atoms with E-state index in [-0.39, 0.29) is 5.97 Å². The van der Waals surface area contributed by atoms with Gasteiger partial charge in [0, 0.05) is 6.92 Å². The molecule has 0 heterocycles. The fraction of sp³-hybridized carbons (Fsp3) is 0.588. The molecule has 0 radical (unpaired) electrons. The molecule has 2 heteroatoms. The lowest BCUT2D eigenvalue weighted by Crippen LogP contribution is -1.98. The summed E-state index contributed by atoms with van der Waals surface area (Å²) < 4.78 is 4.88. The Labute approximate surface area is 118 Å². The summed E-state index contributed by atoms with van der Waals surface area (Å²) in [6.07, 6.45) is 10.9. The first kappa shape index (κ1) is 17.7. The Morgan fingerprint density at radius 1 is 0.842 bits per heavy atom. The molecule has 19 heavy (non-hydrogen) atoms. The normalized spacial score (nSPS) is 12.3. The lowest BCUT2D eigenvalue weighted by molar-refractivity contribution is -0.139. The number of hydrogen-bond donors (Lipinski definition) is 0. The Kier molecular flexibility index (Phi) is 9.87. The predicted octanol–water partition coefficient (Wildman–Crippen LogP) is 4.97. The fourth-order valence-electron chi connectivity index (χ4n) is 1.64. The second-order valence-corrected chi connectivity index (χ2v) is 5.26. The van der Waals surface area contributed by atoms with Crippen molar-refractivity contribution in [3.05, 3.63) is 34.9 Å². The maximum Gasteiger partial charge on any atom is 0.302 e. The Balaban J connectivity index is 3.86. The highest BCUT2D eigenvalue weighted by atomic mass is 16.5. The van der Waals surface area contributed by atoms with Crippen molar-refractivity contribution in [3.8, 4) is 0 Å². The van der Waals surface area contributed by atoms with Crippen LogP contribution in [0.15, 0.2) is 34.9 Å². The van der Waals surface area contributed by atoms with Crippen LogP contribution in [0.3, 0.4) is 0 Å². The minimum Gasteiger partial charge on any atom is -0.462 e. The van der Waals surface area contributed by atoms with Crippen LogP contribution in [0.4, 0.5) is 0 Å². The number of ether oxygens (including phenoxy) is 1. The number of hydrogen-bond acceptors (Lipinski definition) is 2. The molecule has 0 aromatic rings. The summed E-state index contributed by atoms with van der Waals surface area (Å²) in [6.45, 7) is 10.4. The molecule has 0 saturated carbocycles. The van der Waals surface area contributed by atoms with E-state index in [4.69, 9.17) is 4.74 Å². The van der Waals surface area contributed by atoms with E-state index in [0.29, 0.717) is 6.61 Å². The Morgan fingerprint density at radius 3 is 1.89 bits per heavy atom. The molecular formula is C17H28O2. The van der Waals surface area contributed by atoms with Crippen molar-refractivity contribution < 1.29 is 9.53 Å². The van der Waals surface area contributed by atoms with E-state index in [1.54, 1.807) is 0 Å². The molecule has 0 aromatic carbocycles. The zero-order chi connectivity index (χ0) is 14.7. The molecule has 0 unspecified atom stereocenters. The molecule has 108 valence electrons. The van der Waals surface area contributed by atoms with Gasteiger partial charge < -0.3 is 4.74 Å². The number of rotatable bonds is 8. The van der Waals surface area contributed by atoms with Gasteiger partial charge in [0.1, 0.15) is 6.61 Å². The smallest absolute Gasteiger partial charge is 0.302 e. The van der Waals surface area contributed by atoms with Crippen molar-refractivity contribution >= 4 is 5.97 Å². The van der Waals surface area contributed by atoms with Gasteiger partial charge in [-0.3, -0.25) is 4.79 Å². The third kappa shape index (κ3) is 12.9. The highest BCUT2D eigenvalue weighted by molar-refractivity contribution is 5.66. The topological polar surface area (TPSA) is 26.3 Å². The van der Waals surface area contributed by atoms with Crippen LogP contribution in [0.5, 0.6) is 0 Å².